The summed E-state index contributed by atoms with van der Waals surface area (Å²) in [6.45, 7) is 5.02. The largest absolute Gasteiger partial charge is 0.382 e. The normalized spacial score (nSPS) is 10.4. The number of carbonyl (C=O) groups is 1. The Morgan fingerprint density at radius 3 is 2.68 bits per heavy atom. The van der Waals surface area contributed by atoms with Crippen LogP contribution in [0.2, 0.25) is 0 Å². The first-order valence-corrected chi connectivity index (χ1v) is 6.87. The van der Waals surface area contributed by atoms with Gasteiger partial charge in [-0.1, -0.05) is 30.3 Å². The zero-order valence-electron chi connectivity index (χ0n) is 11.7. The zero-order chi connectivity index (χ0) is 13.9. The summed E-state index contributed by atoms with van der Waals surface area (Å²) in [5.41, 5.74) is 6.71. The fraction of sp³-hybridized carbons (Fsp3) is 0.533. The number of nitrogens with two attached hydrogens (primary N) is 1. The van der Waals surface area contributed by atoms with Crippen molar-refractivity contribution in [1.82, 2.24) is 4.90 Å². The van der Waals surface area contributed by atoms with Gasteiger partial charge in [0.05, 0.1) is 0 Å². The molecule has 0 saturated heterocycles. The van der Waals surface area contributed by atoms with Gasteiger partial charge in [0.1, 0.15) is 0 Å². The lowest BCUT2D eigenvalue weighted by molar-refractivity contribution is -0.132. The molecule has 0 aliphatic carbocycles. The minimum Gasteiger partial charge on any atom is -0.382 e. The van der Waals surface area contributed by atoms with E-state index in [0.29, 0.717) is 39.3 Å². The predicted octanol–water partition coefficient (Wildman–Crippen LogP) is 1.79. The molecule has 0 spiro atoms. The van der Waals surface area contributed by atoms with E-state index in [9.17, 15) is 4.79 Å². The summed E-state index contributed by atoms with van der Waals surface area (Å²) in [6, 6.07) is 9.99. The van der Waals surface area contributed by atoms with Gasteiger partial charge in [0, 0.05) is 39.3 Å². The maximum absolute atomic E-state index is 12.1. The second-order valence-electron chi connectivity index (χ2n) is 4.39. The predicted molar refractivity (Wildman–Crippen MR) is 76.6 cm³/mol. The van der Waals surface area contributed by atoms with Crippen LogP contribution in [0.4, 0.5) is 0 Å². The van der Waals surface area contributed by atoms with Gasteiger partial charge < -0.3 is 15.4 Å². The molecule has 4 heteroatoms. The molecule has 19 heavy (non-hydrogen) atoms. The molecular formula is C15H24N2O2. The highest BCUT2D eigenvalue weighted by Crippen LogP contribution is 2.07. The minimum absolute atomic E-state index is 0.147. The second kappa shape index (κ2) is 9.53. The lowest BCUT2D eigenvalue weighted by atomic mass is 10.2. The van der Waals surface area contributed by atoms with E-state index in [1.807, 2.05) is 42.2 Å². The van der Waals surface area contributed by atoms with E-state index in [1.54, 1.807) is 0 Å². The molecule has 0 atom stereocenters. The maximum atomic E-state index is 12.1. The number of hydrogen-bond donors (Lipinski definition) is 1. The highest BCUT2D eigenvalue weighted by atomic mass is 16.5. The smallest absolute Gasteiger partial charge is 0.222 e. The van der Waals surface area contributed by atoms with Crippen LogP contribution in [0.25, 0.3) is 0 Å². The number of nitrogens with zero attached hydrogens (tertiary/aromatic N) is 1. The molecule has 0 fully saturated rings. The Labute approximate surface area is 115 Å². The Hall–Kier alpha value is -1.39. The van der Waals surface area contributed by atoms with Gasteiger partial charge in [-0.2, -0.15) is 0 Å². The first kappa shape index (κ1) is 15.7. The van der Waals surface area contributed by atoms with Crippen LogP contribution in [0.5, 0.6) is 0 Å². The molecule has 1 rings (SSSR count). The Balaban J connectivity index is 2.44. The molecule has 0 bridgehead atoms. The van der Waals surface area contributed by atoms with Crippen LogP contribution in [-0.2, 0) is 16.1 Å². The molecule has 1 aromatic rings. The van der Waals surface area contributed by atoms with Crippen LogP contribution < -0.4 is 5.73 Å². The molecule has 2 N–H and O–H groups in total. The van der Waals surface area contributed by atoms with Gasteiger partial charge in [-0.3, -0.25) is 4.79 Å². The number of benzene rings is 1. The molecule has 0 radical (unpaired) electrons. The van der Waals surface area contributed by atoms with Gasteiger partial charge in [0.2, 0.25) is 5.91 Å². The van der Waals surface area contributed by atoms with Crippen molar-refractivity contribution in [3.8, 4) is 0 Å². The van der Waals surface area contributed by atoms with E-state index < -0.39 is 0 Å². The van der Waals surface area contributed by atoms with Crippen molar-refractivity contribution in [2.45, 2.75) is 26.3 Å². The third-order valence-electron chi connectivity index (χ3n) is 2.85. The summed E-state index contributed by atoms with van der Waals surface area (Å²) in [7, 11) is 0. The molecule has 0 aliphatic heterocycles. The third kappa shape index (κ3) is 6.36. The van der Waals surface area contributed by atoms with Crippen molar-refractivity contribution in [2.24, 2.45) is 5.73 Å². The third-order valence-corrected chi connectivity index (χ3v) is 2.85. The van der Waals surface area contributed by atoms with Crippen molar-refractivity contribution >= 4 is 5.91 Å². The number of amides is 1. The van der Waals surface area contributed by atoms with Crippen molar-refractivity contribution in [3.05, 3.63) is 35.9 Å². The fourth-order valence-corrected chi connectivity index (χ4v) is 1.88. The number of rotatable bonds is 9. The molecule has 4 nitrogen and oxygen atoms in total. The van der Waals surface area contributed by atoms with Crippen LogP contribution >= 0.6 is 0 Å². The minimum atomic E-state index is 0.147. The summed E-state index contributed by atoms with van der Waals surface area (Å²) in [5.74, 6) is 0.147. The zero-order valence-corrected chi connectivity index (χ0v) is 11.7. The summed E-state index contributed by atoms with van der Waals surface area (Å²) in [6.07, 6.45) is 1.29. The molecule has 0 aliphatic rings. The quantitative estimate of drug-likeness (QED) is 0.692. The van der Waals surface area contributed by atoms with Crippen molar-refractivity contribution < 1.29 is 9.53 Å². The number of ether oxygens (including phenoxy) is 1. The molecule has 1 aromatic carbocycles. The Kier molecular flexibility index (Phi) is 7.86. The molecule has 106 valence electrons. The second-order valence-corrected chi connectivity index (χ2v) is 4.39. The lowest BCUT2D eigenvalue weighted by Gasteiger charge is -2.22. The van der Waals surface area contributed by atoms with E-state index in [-0.39, 0.29) is 5.91 Å². The summed E-state index contributed by atoms with van der Waals surface area (Å²) in [5, 5.41) is 0. The standard InChI is InChI=1S/C15H24N2O2/c1-2-19-12-6-9-15(18)17(11-10-16)13-14-7-4-3-5-8-14/h3-5,7-8H,2,6,9-13,16H2,1H3. The summed E-state index contributed by atoms with van der Waals surface area (Å²) in [4.78, 5) is 13.9. The topological polar surface area (TPSA) is 55.6 Å². The Bertz CT molecular complexity index is 354. The van der Waals surface area contributed by atoms with Crippen molar-refractivity contribution in [3.63, 3.8) is 0 Å². The molecule has 0 unspecified atom stereocenters. The average molecular weight is 264 g/mol. The molecule has 1 amide bonds. The monoisotopic (exact) mass is 264 g/mol. The molecule has 0 heterocycles. The fourth-order valence-electron chi connectivity index (χ4n) is 1.88. The molecule has 0 aromatic heterocycles. The number of carbonyl (C=O) groups excluding carboxylic acids is 1. The van der Waals surface area contributed by atoms with Gasteiger partial charge in [0.25, 0.3) is 0 Å². The highest BCUT2D eigenvalue weighted by Gasteiger charge is 2.12. The SMILES string of the molecule is CCOCCCC(=O)N(CCN)Cc1ccccc1. The van der Waals surface area contributed by atoms with Gasteiger partial charge in [-0.25, -0.2) is 0 Å². The van der Waals surface area contributed by atoms with Gasteiger partial charge in [-0.15, -0.1) is 0 Å². The van der Waals surface area contributed by atoms with Gasteiger partial charge in [-0.05, 0) is 18.9 Å². The molecule has 0 saturated carbocycles. The van der Waals surface area contributed by atoms with Crippen LogP contribution in [0.1, 0.15) is 25.3 Å². The van der Waals surface area contributed by atoms with E-state index in [1.165, 1.54) is 0 Å². The van der Waals surface area contributed by atoms with Crippen molar-refractivity contribution in [2.75, 3.05) is 26.3 Å². The lowest BCUT2D eigenvalue weighted by Crippen LogP contribution is -2.34. The maximum Gasteiger partial charge on any atom is 0.222 e. The van der Waals surface area contributed by atoms with Crippen molar-refractivity contribution in [1.29, 1.82) is 0 Å². The van der Waals surface area contributed by atoms with E-state index in [4.69, 9.17) is 10.5 Å². The van der Waals surface area contributed by atoms with Crippen LogP contribution in [0, 0.1) is 0 Å². The first-order chi connectivity index (χ1) is 9.27. The number of hydrogen-bond acceptors (Lipinski definition) is 3. The van der Waals surface area contributed by atoms with Gasteiger partial charge in [0.15, 0.2) is 0 Å². The highest BCUT2D eigenvalue weighted by molar-refractivity contribution is 5.76. The molecular weight excluding hydrogens is 240 g/mol. The van der Waals surface area contributed by atoms with Crippen LogP contribution in [0.3, 0.4) is 0 Å². The van der Waals surface area contributed by atoms with E-state index >= 15 is 0 Å². The summed E-state index contributed by atoms with van der Waals surface area (Å²) >= 11 is 0. The van der Waals surface area contributed by atoms with Crippen LogP contribution in [-0.4, -0.2) is 37.1 Å². The van der Waals surface area contributed by atoms with E-state index in [2.05, 4.69) is 0 Å². The Morgan fingerprint density at radius 2 is 2.05 bits per heavy atom. The first-order valence-electron chi connectivity index (χ1n) is 6.87. The Morgan fingerprint density at radius 1 is 1.32 bits per heavy atom. The van der Waals surface area contributed by atoms with E-state index in [0.717, 1.165) is 12.0 Å². The average Bonchev–Trinajstić information content (AvgIpc) is 2.44. The van der Waals surface area contributed by atoms with Gasteiger partial charge >= 0.3 is 0 Å². The summed E-state index contributed by atoms with van der Waals surface area (Å²) < 4.78 is 5.25. The van der Waals surface area contributed by atoms with Crippen LogP contribution in [0.15, 0.2) is 30.3 Å².